The summed E-state index contributed by atoms with van der Waals surface area (Å²) >= 11 is 0. The van der Waals surface area contributed by atoms with Crippen molar-refractivity contribution in [3.05, 3.63) is 27.0 Å². The van der Waals surface area contributed by atoms with Crippen molar-refractivity contribution in [2.75, 3.05) is 13.6 Å². The van der Waals surface area contributed by atoms with E-state index in [1.165, 1.54) is 21.1 Å². The molecule has 108 valence electrons. The average Bonchev–Trinajstić information content (AvgIpc) is 2.37. The van der Waals surface area contributed by atoms with E-state index in [-0.39, 0.29) is 4.90 Å². The molecule has 0 fully saturated rings. The first-order valence-corrected chi connectivity index (χ1v) is 7.40. The zero-order chi connectivity index (χ0) is 14.8. The summed E-state index contributed by atoms with van der Waals surface area (Å²) in [7, 11) is 0.232. The Labute approximate surface area is 112 Å². The first-order chi connectivity index (χ1) is 8.73. The van der Waals surface area contributed by atoms with Crippen molar-refractivity contribution in [2.45, 2.75) is 24.7 Å². The van der Waals surface area contributed by atoms with Gasteiger partial charge in [-0.15, -0.1) is 0 Å². The number of unbranched alkanes of at least 4 members (excludes halogenated alkanes) is 1. The Hall–Kier alpha value is -1.41. The van der Waals surface area contributed by atoms with Crippen molar-refractivity contribution in [1.29, 1.82) is 0 Å². The Balaban J connectivity index is 3.38. The highest BCUT2D eigenvalue weighted by atomic mass is 32.2. The minimum Gasteiger partial charge on any atom is -0.302 e. The minimum atomic E-state index is -3.86. The van der Waals surface area contributed by atoms with Gasteiger partial charge in [0, 0.05) is 33.9 Å². The molecule has 0 aliphatic rings. The Morgan fingerprint density at radius 3 is 2.37 bits per heavy atom. The maximum absolute atomic E-state index is 12.3. The topological polar surface area (TPSA) is 81.4 Å². The van der Waals surface area contributed by atoms with Crippen molar-refractivity contribution >= 4 is 10.0 Å². The van der Waals surface area contributed by atoms with Crippen LogP contribution in [0.25, 0.3) is 0 Å². The van der Waals surface area contributed by atoms with E-state index in [0.29, 0.717) is 13.0 Å². The smallest absolute Gasteiger partial charge is 0.302 e. The number of rotatable bonds is 5. The maximum Gasteiger partial charge on any atom is 0.330 e. The molecule has 1 aromatic heterocycles. The second-order valence-electron chi connectivity index (χ2n) is 4.43. The summed E-state index contributed by atoms with van der Waals surface area (Å²) in [5.41, 5.74) is -1.35. The van der Waals surface area contributed by atoms with Crippen LogP contribution < -0.4 is 11.2 Å². The highest BCUT2D eigenvalue weighted by molar-refractivity contribution is 7.89. The molecule has 0 aliphatic heterocycles. The van der Waals surface area contributed by atoms with Gasteiger partial charge in [0.25, 0.3) is 5.56 Å². The highest BCUT2D eigenvalue weighted by Crippen LogP contribution is 2.09. The van der Waals surface area contributed by atoms with E-state index in [1.54, 1.807) is 0 Å². The molecule has 1 aromatic rings. The van der Waals surface area contributed by atoms with E-state index in [0.717, 1.165) is 26.1 Å². The lowest BCUT2D eigenvalue weighted by Crippen LogP contribution is -2.42. The Morgan fingerprint density at radius 1 is 1.26 bits per heavy atom. The molecule has 0 aromatic carbocycles. The third kappa shape index (κ3) is 2.95. The average molecular weight is 289 g/mol. The normalized spacial score (nSPS) is 12.1. The molecule has 0 amide bonds. The third-order valence-corrected chi connectivity index (χ3v) is 4.77. The number of sulfonamides is 1. The highest BCUT2D eigenvalue weighted by Gasteiger charge is 2.25. The van der Waals surface area contributed by atoms with E-state index in [2.05, 4.69) is 0 Å². The molecule has 0 radical (unpaired) electrons. The van der Waals surface area contributed by atoms with Crippen LogP contribution in [0.4, 0.5) is 0 Å². The van der Waals surface area contributed by atoms with Crippen molar-refractivity contribution < 1.29 is 8.42 Å². The predicted octanol–water partition coefficient (Wildman–Crippen LogP) is -0.495. The minimum absolute atomic E-state index is 0.338. The van der Waals surface area contributed by atoms with Crippen LogP contribution in [0, 0.1) is 0 Å². The van der Waals surface area contributed by atoms with Crippen LogP contribution in [0.3, 0.4) is 0 Å². The van der Waals surface area contributed by atoms with E-state index in [1.807, 2.05) is 6.92 Å². The zero-order valence-corrected chi connectivity index (χ0v) is 12.4. The molecule has 1 heterocycles. The molecule has 0 aliphatic carbocycles. The molecule has 1 rings (SSSR count). The monoisotopic (exact) mass is 289 g/mol. The molecular formula is C11H19N3O4S. The van der Waals surface area contributed by atoms with Crippen LogP contribution in [0.5, 0.6) is 0 Å². The second-order valence-corrected chi connectivity index (χ2v) is 6.44. The second kappa shape index (κ2) is 5.70. The molecular weight excluding hydrogens is 270 g/mol. The lowest BCUT2D eigenvalue weighted by Gasteiger charge is -2.17. The predicted molar refractivity (Wildman–Crippen MR) is 71.6 cm³/mol. The quantitative estimate of drug-likeness (QED) is 0.732. The van der Waals surface area contributed by atoms with Crippen molar-refractivity contribution in [3.8, 4) is 0 Å². The molecule has 0 unspecified atom stereocenters. The Morgan fingerprint density at radius 2 is 1.84 bits per heavy atom. The van der Waals surface area contributed by atoms with E-state index in [4.69, 9.17) is 0 Å². The van der Waals surface area contributed by atoms with Crippen molar-refractivity contribution in [1.82, 2.24) is 13.4 Å². The van der Waals surface area contributed by atoms with Gasteiger partial charge >= 0.3 is 5.69 Å². The molecule has 0 atom stereocenters. The van der Waals surface area contributed by atoms with E-state index < -0.39 is 21.3 Å². The van der Waals surface area contributed by atoms with Gasteiger partial charge in [0.15, 0.2) is 4.90 Å². The molecule has 8 heteroatoms. The largest absolute Gasteiger partial charge is 0.330 e. The summed E-state index contributed by atoms with van der Waals surface area (Å²) in [5.74, 6) is 0. The van der Waals surface area contributed by atoms with Crippen LogP contribution in [0.15, 0.2) is 20.7 Å². The summed E-state index contributed by atoms with van der Waals surface area (Å²) < 4.78 is 27.6. The number of hydrogen-bond acceptors (Lipinski definition) is 4. The SMILES string of the molecule is CCCCN(C)S(=O)(=O)c1cn(C)c(=O)n(C)c1=O. The number of nitrogens with zero attached hydrogens (tertiary/aromatic N) is 3. The molecule has 0 saturated carbocycles. The summed E-state index contributed by atoms with van der Waals surface area (Å²) in [6, 6.07) is 0. The number of aryl methyl sites for hydroxylation is 1. The van der Waals surface area contributed by atoms with Crippen LogP contribution in [0.1, 0.15) is 19.8 Å². The summed E-state index contributed by atoms with van der Waals surface area (Å²) in [4.78, 5) is 23.1. The first kappa shape index (κ1) is 15.6. The van der Waals surface area contributed by atoms with E-state index >= 15 is 0 Å². The molecule has 0 saturated heterocycles. The van der Waals surface area contributed by atoms with Gasteiger partial charge in [0.1, 0.15) is 0 Å². The van der Waals surface area contributed by atoms with Crippen molar-refractivity contribution in [2.24, 2.45) is 14.1 Å². The first-order valence-electron chi connectivity index (χ1n) is 5.96. The molecule has 0 spiro atoms. The van der Waals surface area contributed by atoms with Gasteiger partial charge in [-0.25, -0.2) is 17.5 Å². The molecule has 0 N–H and O–H groups in total. The van der Waals surface area contributed by atoms with Crippen LogP contribution in [-0.2, 0) is 24.1 Å². The van der Waals surface area contributed by atoms with Crippen LogP contribution in [0.2, 0.25) is 0 Å². The zero-order valence-electron chi connectivity index (χ0n) is 11.6. The summed E-state index contributed by atoms with van der Waals surface area (Å²) in [5, 5.41) is 0. The third-order valence-electron chi connectivity index (χ3n) is 2.93. The lowest BCUT2D eigenvalue weighted by molar-refractivity contribution is 0.456. The summed E-state index contributed by atoms with van der Waals surface area (Å²) in [6.07, 6.45) is 2.63. The van der Waals surface area contributed by atoms with Gasteiger partial charge in [0.05, 0.1) is 0 Å². The molecule has 0 bridgehead atoms. The fourth-order valence-electron chi connectivity index (χ4n) is 1.62. The fourth-order valence-corrected chi connectivity index (χ4v) is 2.98. The van der Waals surface area contributed by atoms with Gasteiger partial charge < -0.3 is 4.57 Å². The van der Waals surface area contributed by atoms with Gasteiger partial charge in [-0.2, -0.15) is 0 Å². The van der Waals surface area contributed by atoms with Gasteiger partial charge in [-0.1, -0.05) is 13.3 Å². The number of hydrogen-bond donors (Lipinski definition) is 0. The van der Waals surface area contributed by atoms with Crippen molar-refractivity contribution in [3.63, 3.8) is 0 Å². The fraction of sp³-hybridized carbons (Fsp3) is 0.636. The van der Waals surface area contributed by atoms with Crippen LogP contribution in [-0.4, -0.2) is 35.4 Å². The Bertz CT molecular complexity index is 672. The van der Waals surface area contributed by atoms with E-state index in [9.17, 15) is 18.0 Å². The standard InChI is InChI=1S/C11H19N3O4S/c1-5-6-7-13(3)19(17,18)9-8-12(2)11(16)14(4)10(9)15/h8H,5-7H2,1-4H3. The lowest BCUT2D eigenvalue weighted by atomic mass is 10.3. The maximum atomic E-state index is 12.3. The Kier molecular flexibility index (Phi) is 4.70. The van der Waals surface area contributed by atoms with Crippen LogP contribution >= 0.6 is 0 Å². The summed E-state index contributed by atoms with van der Waals surface area (Å²) in [6.45, 7) is 2.29. The van der Waals surface area contributed by atoms with Gasteiger partial charge in [-0.05, 0) is 6.42 Å². The molecule has 7 nitrogen and oxygen atoms in total. The molecule has 19 heavy (non-hydrogen) atoms. The van der Waals surface area contributed by atoms with Gasteiger partial charge in [0.2, 0.25) is 10.0 Å². The van der Waals surface area contributed by atoms with Gasteiger partial charge in [-0.3, -0.25) is 9.36 Å². The number of aromatic nitrogens is 2.